The first-order valence-corrected chi connectivity index (χ1v) is 8.67. The van der Waals surface area contributed by atoms with Gasteiger partial charge in [-0.2, -0.15) is 0 Å². The predicted molar refractivity (Wildman–Crippen MR) is 99.4 cm³/mol. The second-order valence-electron chi connectivity index (χ2n) is 7.30. The molecule has 0 bridgehead atoms. The van der Waals surface area contributed by atoms with E-state index in [-0.39, 0.29) is 12.6 Å². The van der Waals surface area contributed by atoms with Crippen LogP contribution in [0, 0.1) is 0 Å². The molecular weight excluding hydrogens is 330 g/mol. The summed E-state index contributed by atoms with van der Waals surface area (Å²) in [5, 5.41) is 0. The molecule has 0 spiro atoms. The molecule has 0 saturated carbocycles. The standard InChI is InChI=1S/C21H23NO4/c1-21(2,3)26-20(24)22-17(13-16-11-7-8-12-18(16)22)14-25-19(23)15-9-5-4-6-10-15/h4-12,17H,13-14H2,1-3H3. The molecule has 3 rings (SSSR count). The summed E-state index contributed by atoms with van der Waals surface area (Å²) in [6, 6.07) is 16.2. The first-order chi connectivity index (χ1) is 12.3. The van der Waals surface area contributed by atoms with Gasteiger partial charge in [-0.25, -0.2) is 9.59 Å². The Kier molecular flexibility index (Phi) is 4.98. The van der Waals surface area contributed by atoms with Gasteiger partial charge in [-0.15, -0.1) is 0 Å². The average Bonchev–Trinajstić information content (AvgIpc) is 2.97. The van der Waals surface area contributed by atoms with Crippen molar-refractivity contribution in [2.75, 3.05) is 11.5 Å². The largest absolute Gasteiger partial charge is 0.460 e. The number of carbonyl (C=O) groups excluding carboxylic acids is 2. The molecule has 5 nitrogen and oxygen atoms in total. The number of anilines is 1. The van der Waals surface area contributed by atoms with Gasteiger partial charge in [0.25, 0.3) is 0 Å². The Labute approximate surface area is 153 Å². The summed E-state index contributed by atoms with van der Waals surface area (Å²) < 4.78 is 11.0. The van der Waals surface area contributed by atoms with E-state index in [9.17, 15) is 9.59 Å². The van der Waals surface area contributed by atoms with E-state index in [0.717, 1.165) is 11.3 Å². The Hall–Kier alpha value is -2.82. The van der Waals surface area contributed by atoms with Gasteiger partial charge in [0.05, 0.1) is 17.3 Å². The molecule has 1 aliphatic rings. The highest BCUT2D eigenvalue weighted by molar-refractivity contribution is 5.92. The van der Waals surface area contributed by atoms with Crippen molar-refractivity contribution in [1.82, 2.24) is 0 Å². The Balaban J connectivity index is 1.75. The Morgan fingerprint density at radius 1 is 1.04 bits per heavy atom. The summed E-state index contributed by atoms with van der Waals surface area (Å²) in [6.07, 6.45) is 0.195. The lowest BCUT2D eigenvalue weighted by Gasteiger charge is -2.29. The number of ether oxygens (including phenoxy) is 2. The van der Waals surface area contributed by atoms with Crippen molar-refractivity contribution in [3.05, 3.63) is 65.7 Å². The number of hydrogen-bond acceptors (Lipinski definition) is 4. The highest BCUT2D eigenvalue weighted by atomic mass is 16.6. The Bertz CT molecular complexity index is 795. The van der Waals surface area contributed by atoms with Crippen LogP contribution in [0.25, 0.3) is 0 Å². The minimum Gasteiger partial charge on any atom is -0.460 e. The lowest BCUT2D eigenvalue weighted by Crippen LogP contribution is -2.44. The summed E-state index contributed by atoms with van der Waals surface area (Å²) in [7, 11) is 0. The van der Waals surface area contributed by atoms with E-state index in [4.69, 9.17) is 9.47 Å². The third kappa shape index (κ3) is 4.04. The van der Waals surface area contributed by atoms with Gasteiger partial charge in [-0.05, 0) is 51.0 Å². The van der Waals surface area contributed by atoms with E-state index in [1.807, 2.05) is 51.1 Å². The van der Waals surface area contributed by atoms with Crippen LogP contribution < -0.4 is 4.90 Å². The molecule has 0 fully saturated rings. The fourth-order valence-corrected chi connectivity index (χ4v) is 2.98. The number of amides is 1. The number of para-hydroxylation sites is 1. The van der Waals surface area contributed by atoms with E-state index in [2.05, 4.69) is 0 Å². The van der Waals surface area contributed by atoms with Crippen LogP contribution in [0.1, 0.15) is 36.7 Å². The molecule has 2 aromatic rings. The van der Waals surface area contributed by atoms with Crippen LogP contribution in [0.5, 0.6) is 0 Å². The normalized spacial score (nSPS) is 16.1. The second-order valence-corrected chi connectivity index (χ2v) is 7.30. The molecule has 1 aliphatic heterocycles. The monoisotopic (exact) mass is 353 g/mol. The molecule has 5 heteroatoms. The van der Waals surface area contributed by atoms with Crippen LogP contribution in [0.3, 0.4) is 0 Å². The van der Waals surface area contributed by atoms with Gasteiger partial charge >= 0.3 is 12.1 Å². The molecule has 0 aromatic heterocycles. The number of carbonyl (C=O) groups is 2. The Morgan fingerprint density at radius 2 is 1.69 bits per heavy atom. The minimum atomic E-state index is -0.597. The zero-order chi connectivity index (χ0) is 18.7. The van der Waals surface area contributed by atoms with Crippen LogP contribution in [-0.2, 0) is 15.9 Å². The van der Waals surface area contributed by atoms with Crippen LogP contribution in [0.15, 0.2) is 54.6 Å². The minimum absolute atomic E-state index is 0.113. The lowest BCUT2D eigenvalue weighted by molar-refractivity contribution is 0.0428. The molecule has 0 N–H and O–H groups in total. The smallest absolute Gasteiger partial charge is 0.415 e. The second kappa shape index (κ2) is 7.20. The van der Waals surface area contributed by atoms with Gasteiger partial charge < -0.3 is 9.47 Å². The molecule has 26 heavy (non-hydrogen) atoms. The van der Waals surface area contributed by atoms with Crippen molar-refractivity contribution in [2.45, 2.75) is 38.8 Å². The maximum atomic E-state index is 12.7. The fourth-order valence-electron chi connectivity index (χ4n) is 2.98. The summed E-state index contributed by atoms with van der Waals surface area (Å²) in [5.41, 5.74) is 1.74. The topological polar surface area (TPSA) is 55.8 Å². The molecule has 0 radical (unpaired) electrons. The number of benzene rings is 2. The Morgan fingerprint density at radius 3 is 2.38 bits per heavy atom. The van der Waals surface area contributed by atoms with E-state index in [1.165, 1.54) is 0 Å². The average molecular weight is 353 g/mol. The molecule has 136 valence electrons. The summed E-state index contributed by atoms with van der Waals surface area (Å²) in [5.74, 6) is -0.398. The number of hydrogen-bond donors (Lipinski definition) is 0. The van der Waals surface area contributed by atoms with Gasteiger partial charge in [0.1, 0.15) is 12.2 Å². The van der Waals surface area contributed by atoms with Crippen molar-refractivity contribution in [3.8, 4) is 0 Å². The third-order valence-electron chi connectivity index (χ3n) is 4.08. The third-order valence-corrected chi connectivity index (χ3v) is 4.08. The quantitative estimate of drug-likeness (QED) is 0.776. The highest BCUT2D eigenvalue weighted by Crippen LogP contribution is 2.33. The zero-order valence-corrected chi connectivity index (χ0v) is 15.3. The molecular formula is C21H23NO4. The van der Waals surface area contributed by atoms with E-state index >= 15 is 0 Å². The lowest BCUT2D eigenvalue weighted by atomic mass is 10.1. The highest BCUT2D eigenvalue weighted by Gasteiger charge is 2.37. The van der Waals surface area contributed by atoms with Crippen LogP contribution in [0.4, 0.5) is 10.5 Å². The van der Waals surface area contributed by atoms with Gasteiger partial charge in [0.2, 0.25) is 0 Å². The van der Waals surface area contributed by atoms with E-state index < -0.39 is 17.7 Å². The molecule has 0 saturated heterocycles. The number of fused-ring (bicyclic) bond motifs is 1. The molecule has 2 aromatic carbocycles. The maximum absolute atomic E-state index is 12.7. The first-order valence-electron chi connectivity index (χ1n) is 8.67. The maximum Gasteiger partial charge on any atom is 0.415 e. The van der Waals surface area contributed by atoms with Gasteiger partial charge in [-0.1, -0.05) is 36.4 Å². The summed E-state index contributed by atoms with van der Waals surface area (Å²) in [4.78, 5) is 26.5. The number of rotatable bonds is 3. The van der Waals surface area contributed by atoms with Crippen LogP contribution in [0.2, 0.25) is 0 Å². The van der Waals surface area contributed by atoms with Crippen LogP contribution >= 0.6 is 0 Å². The van der Waals surface area contributed by atoms with Gasteiger partial charge in [0.15, 0.2) is 0 Å². The number of esters is 1. The van der Waals surface area contributed by atoms with E-state index in [1.54, 1.807) is 29.2 Å². The van der Waals surface area contributed by atoms with Crippen molar-refractivity contribution < 1.29 is 19.1 Å². The van der Waals surface area contributed by atoms with Crippen molar-refractivity contribution in [1.29, 1.82) is 0 Å². The zero-order valence-electron chi connectivity index (χ0n) is 15.3. The molecule has 1 heterocycles. The first kappa shape index (κ1) is 18.0. The van der Waals surface area contributed by atoms with Crippen molar-refractivity contribution in [2.24, 2.45) is 0 Å². The van der Waals surface area contributed by atoms with Crippen LogP contribution in [-0.4, -0.2) is 30.3 Å². The SMILES string of the molecule is CC(C)(C)OC(=O)N1c2ccccc2CC1COC(=O)c1ccccc1. The number of nitrogens with zero attached hydrogens (tertiary/aromatic N) is 1. The molecule has 1 amide bonds. The van der Waals surface area contributed by atoms with Crippen molar-refractivity contribution >= 4 is 17.7 Å². The molecule has 1 atom stereocenters. The van der Waals surface area contributed by atoms with Crippen molar-refractivity contribution in [3.63, 3.8) is 0 Å². The van der Waals surface area contributed by atoms with Gasteiger partial charge in [-0.3, -0.25) is 4.90 Å². The predicted octanol–water partition coefficient (Wildman–Crippen LogP) is 4.21. The molecule has 0 aliphatic carbocycles. The van der Waals surface area contributed by atoms with Gasteiger partial charge in [0, 0.05) is 0 Å². The summed E-state index contributed by atoms with van der Waals surface area (Å²) >= 11 is 0. The summed E-state index contributed by atoms with van der Waals surface area (Å²) in [6.45, 7) is 5.60. The van der Waals surface area contributed by atoms with E-state index in [0.29, 0.717) is 12.0 Å². The fraction of sp³-hybridized carbons (Fsp3) is 0.333. The molecule has 1 unspecified atom stereocenters.